The van der Waals surface area contributed by atoms with Crippen molar-refractivity contribution in [3.8, 4) is 0 Å². The Bertz CT molecular complexity index is 622. The molecule has 110 valence electrons. The number of esters is 1. The number of ether oxygens (including phenoxy) is 1. The lowest BCUT2D eigenvalue weighted by Crippen LogP contribution is -2.09. The van der Waals surface area contributed by atoms with Gasteiger partial charge < -0.3 is 10.5 Å². The monoisotopic (exact) mass is 283 g/mol. The minimum absolute atomic E-state index is 0.223. The van der Waals surface area contributed by atoms with Crippen LogP contribution >= 0.6 is 0 Å². The lowest BCUT2D eigenvalue weighted by molar-refractivity contribution is -0.144. The van der Waals surface area contributed by atoms with Gasteiger partial charge in [0, 0.05) is 5.69 Å². The summed E-state index contributed by atoms with van der Waals surface area (Å²) in [7, 11) is 0. The lowest BCUT2D eigenvalue weighted by Gasteiger charge is -2.12. The molecule has 0 saturated heterocycles. The Balaban J connectivity index is 1.97. The van der Waals surface area contributed by atoms with Crippen molar-refractivity contribution < 1.29 is 9.53 Å². The topological polar surface area (TPSA) is 52.3 Å². The van der Waals surface area contributed by atoms with Crippen LogP contribution in [0.3, 0.4) is 0 Å². The molecule has 21 heavy (non-hydrogen) atoms. The number of hydrogen-bond acceptors (Lipinski definition) is 3. The number of nitrogen functional groups attached to an aromatic ring is 1. The highest BCUT2D eigenvalue weighted by atomic mass is 16.5. The first-order valence-corrected chi connectivity index (χ1v) is 7.02. The van der Waals surface area contributed by atoms with Crippen LogP contribution in [0.1, 0.15) is 27.8 Å². The molecule has 0 aliphatic carbocycles. The molecule has 0 bridgehead atoms. The summed E-state index contributed by atoms with van der Waals surface area (Å²) in [5.74, 6) is -0.223. The van der Waals surface area contributed by atoms with Crippen LogP contribution in [-0.4, -0.2) is 5.97 Å². The zero-order valence-electron chi connectivity index (χ0n) is 12.8. The molecule has 0 spiro atoms. The number of carbonyl (C=O) groups excluding carboxylic acids is 1. The van der Waals surface area contributed by atoms with Crippen LogP contribution in [0.15, 0.2) is 36.4 Å². The van der Waals surface area contributed by atoms with Gasteiger partial charge in [-0.15, -0.1) is 0 Å². The molecule has 2 aromatic rings. The van der Waals surface area contributed by atoms with E-state index in [0.717, 1.165) is 22.3 Å². The first-order valence-electron chi connectivity index (χ1n) is 7.02. The molecular weight excluding hydrogens is 262 g/mol. The first-order chi connectivity index (χ1) is 9.95. The van der Waals surface area contributed by atoms with Gasteiger partial charge in [-0.2, -0.15) is 0 Å². The Morgan fingerprint density at radius 3 is 2.19 bits per heavy atom. The largest absolute Gasteiger partial charge is 0.461 e. The van der Waals surface area contributed by atoms with Crippen LogP contribution in [0.2, 0.25) is 0 Å². The molecule has 0 aromatic heterocycles. The number of anilines is 1. The fourth-order valence-corrected chi connectivity index (χ4v) is 2.44. The average Bonchev–Trinajstić information content (AvgIpc) is 2.40. The second-order valence-electron chi connectivity index (χ2n) is 5.46. The van der Waals surface area contributed by atoms with Crippen LogP contribution in [-0.2, 0) is 22.6 Å². The summed E-state index contributed by atoms with van der Waals surface area (Å²) in [5.41, 5.74) is 11.9. The van der Waals surface area contributed by atoms with Crippen molar-refractivity contribution in [3.63, 3.8) is 0 Å². The number of rotatable bonds is 4. The standard InChI is InChI=1S/C18H21NO2/c1-12-8-13(2)17(14(3)9-12)11-21-18(20)10-15-4-6-16(19)7-5-15/h4-9H,10-11,19H2,1-3H3. The van der Waals surface area contributed by atoms with Gasteiger partial charge in [-0.3, -0.25) is 4.79 Å². The van der Waals surface area contributed by atoms with Gasteiger partial charge in [0.25, 0.3) is 0 Å². The van der Waals surface area contributed by atoms with E-state index in [0.29, 0.717) is 12.3 Å². The van der Waals surface area contributed by atoms with E-state index >= 15 is 0 Å². The molecule has 3 nitrogen and oxygen atoms in total. The van der Waals surface area contributed by atoms with Crippen LogP contribution in [0, 0.1) is 20.8 Å². The highest BCUT2D eigenvalue weighted by Gasteiger charge is 2.09. The fourth-order valence-electron chi connectivity index (χ4n) is 2.44. The van der Waals surface area contributed by atoms with E-state index in [4.69, 9.17) is 10.5 Å². The van der Waals surface area contributed by atoms with Crippen molar-refractivity contribution in [3.05, 3.63) is 64.2 Å². The summed E-state index contributed by atoms with van der Waals surface area (Å²) in [6.45, 7) is 6.48. The van der Waals surface area contributed by atoms with Gasteiger partial charge in [0.2, 0.25) is 0 Å². The van der Waals surface area contributed by atoms with Gasteiger partial charge in [-0.25, -0.2) is 0 Å². The summed E-state index contributed by atoms with van der Waals surface area (Å²) in [6, 6.07) is 11.5. The number of benzene rings is 2. The van der Waals surface area contributed by atoms with Crippen LogP contribution in [0.25, 0.3) is 0 Å². The lowest BCUT2D eigenvalue weighted by atomic mass is 10.0. The predicted molar refractivity (Wildman–Crippen MR) is 85.0 cm³/mol. The Hall–Kier alpha value is -2.29. The molecule has 3 heteroatoms. The number of aryl methyl sites for hydroxylation is 3. The first kappa shape index (κ1) is 15.1. The molecule has 0 heterocycles. The van der Waals surface area contributed by atoms with Gasteiger partial charge in [0.05, 0.1) is 6.42 Å². The molecule has 0 amide bonds. The van der Waals surface area contributed by atoms with Gasteiger partial charge >= 0.3 is 5.97 Å². The molecule has 0 aliphatic rings. The van der Waals surface area contributed by atoms with E-state index < -0.39 is 0 Å². The summed E-state index contributed by atoms with van der Waals surface area (Å²) < 4.78 is 5.39. The van der Waals surface area contributed by atoms with E-state index in [1.807, 2.05) is 26.0 Å². The second kappa shape index (κ2) is 6.44. The van der Waals surface area contributed by atoms with Gasteiger partial charge in [0.15, 0.2) is 0 Å². The number of hydrogen-bond donors (Lipinski definition) is 1. The molecule has 0 fully saturated rings. The molecule has 2 rings (SSSR count). The van der Waals surface area contributed by atoms with Crippen molar-refractivity contribution >= 4 is 11.7 Å². The molecule has 0 saturated carbocycles. The minimum Gasteiger partial charge on any atom is -0.461 e. The van der Waals surface area contributed by atoms with Gasteiger partial charge in [-0.05, 0) is 55.2 Å². The van der Waals surface area contributed by atoms with Crippen molar-refractivity contribution in [2.24, 2.45) is 0 Å². The zero-order chi connectivity index (χ0) is 15.4. The third-order valence-corrected chi connectivity index (χ3v) is 3.55. The van der Waals surface area contributed by atoms with Gasteiger partial charge in [0.1, 0.15) is 6.61 Å². The third-order valence-electron chi connectivity index (χ3n) is 3.55. The van der Waals surface area contributed by atoms with E-state index in [1.165, 1.54) is 5.56 Å². The van der Waals surface area contributed by atoms with E-state index in [2.05, 4.69) is 19.1 Å². The number of carbonyl (C=O) groups is 1. The molecule has 0 radical (unpaired) electrons. The number of nitrogens with two attached hydrogens (primary N) is 1. The molecular formula is C18H21NO2. The zero-order valence-corrected chi connectivity index (χ0v) is 12.8. The Morgan fingerprint density at radius 1 is 1.05 bits per heavy atom. The third kappa shape index (κ3) is 4.09. The maximum absolute atomic E-state index is 11.9. The SMILES string of the molecule is Cc1cc(C)c(COC(=O)Cc2ccc(N)cc2)c(C)c1. The van der Waals surface area contributed by atoms with Crippen molar-refractivity contribution in [2.75, 3.05) is 5.73 Å². The summed E-state index contributed by atoms with van der Waals surface area (Å²) in [4.78, 5) is 11.9. The highest BCUT2D eigenvalue weighted by Crippen LogP contribution is 2.17. The molecule has 2 aromatic carbocycles. The quantitative estimate of drug-likeness (QED) is 0.690. The average molecular weight is 283 g/mol. The van der Waals surface area contributed by atoms with Crippen molar-refractivity contribution in [1.82, 2.24) is 0 Å². The maximum atomic E-state index is 11.9. The van der Waals surface area contributed by atoms with Gasteiger partial charge in [-0.1, -0.05) is 29.8 Å². The maximum Gasteiger partial charge on any atom is 0.310 e. The van der Waals surface area contributed by atoms with E-state index in [-0.39, 0.29) is 12.4 Å². The van der Waals surface area contributed by atoms with E-state index in [9.17, 15) is 4.79 Å². The molecule has 0 atom stereocenters. The van der Waals surface area contributed by atoms with Crippen LogP contribution in [0.5, 0.6) is 0 Å². The highest BCUT2D eigenvalue weighted by molar-refractivity contribution is 5.72. The fraction of sp³-hybridized carbons (Fsp3) is 0.278. The predicted octanol–water partition coefficient (Wildman–Crippen LogP) is 3.48. The van der Waals surface area contributed by atoms with Crippen molar-refractivity contribution in [2.45, 2.75) is 33.8 Å². The summed E-state index contributed by atoms with van der Waals surface area (Å²) in [5, 5.41) is 0. The second-order valence-corrected chi connectivity index (χ2v) is 5.46. The Morgan fingerprint density at radius 2 is 1.62 bits per heavy atom. The summed E-state index contributed by atoms with van der Waals surface area (Å²) >= 11 is 0. The smallest absolute Gasteiger partial charge is 0.310 e. The summed E-state index contributed by atoms with van der Waals surface area (Å²) in [6.07, 6.45) is 0.268. The van der Waals surface area contributed by atoms with Crippen molar-refractivity contribution in [1.29, 1.82) is 0 Å². The Kier molecular flexibility index (Phi) is 4.63. The molecule has 0 aliphatic heterocycles. The van der Waals surface area contributed by atoms with E-state index in [1.54, 1.807) is 12.1 Å². The Labute approximate surface area is 125 Å². The normalized spacial score (nSPS) is 10.4. The van der Waals surface area contributed by atoms with Crippen LogP contribution < -0.4 is 5.73 Å². The minimum atomic E-state index is -0.223. The molecule has 0 unspecified atom stereocenters. The molecule has 2 N–H and O–H groups in total. The van der Waals surface area contributed by atoms with Crippen LogP contribution in [0.4, 0.5) is 5.69 Å².